The molecule has 0 bridgehead atoms. The van der Waals surface area contributed by atoms with Crippen LogP contribution in [-0.2, 0) is 17.7 Å². The van der Waals surface area contributed by atoms with Gasteiger partial charge in [-0.05, 0) is 34.2 Å². The van der Waals surface area contributed by atoms with Gasteiger partial charge in [0.05, 0.1) is 0 Å². The lowest BCUT2D eigenvalue weighted by Gasteiger charge is -2.38. The van der Waals surface area contributed by atoms with Crippen molar-refractivity contribution in [1.29, 1.82) is 0 Å². The number of hydrogen-bond donors (Lipinski definition) is 0. The van der Waals surface area contributed by atoms with E-state index in [4.69, 9.17) is 17.7 Å². The Morgan fingerprint density at radius 1 is 0.762 bits per heavy atom. The Kier molecular flexibility index (Phi) is 8.08. The first-order valence-electron chi connectivity index (χ1n) is 7.96. The molecule has 21 heavy (non-hydrogen) atoms. The Labute approximate surface area is 131 Å². The van der Waals surface area contributed by atoms with Crippen LogP contribution in [-0.4, -0.2) is 43.5 Å². The van der Waals surface area contributed by atoms with E-state index in [-0.39, 0.29) is 5.54 Å². The fourth-order valence-corrected chi connectivity index (χ4v) is 12.6. The molecule has 122 valence electrons. The van der Waals surface area contributed by atoms with Crippen LogP contribution in [0.15, 0.2) is 24.3 Å². The molecular formula is C15H30O4Si2. The summed E-state index contributed by atoms with van der Waals surface area (Å²) in [6.07, 6.45) is 8.52. The fourth-order valence-electron chi connectivity index (χ4n) is 2.87. The van der Waals surface area contributed by atoms with Crippen LogP contribution < -0.4 is 0 Å². The zero-order chi connectivity index (χ0) is 15.8. The molecule has 0 unspecified atom stereocenters. The van der Waals surface area contributed by atoms with Gasteiger partial charge < -0.3 is 17.7 Å². The molecule has 0 aromatic rings. The van der Waals surface area contributed by atoms with Gasteiger partial charge in [0.2, 0.25) is 0 Å². The molecule has 0 amide bonds. The van der Waals surface area contributed by atoms with E-state index in [2.05, 4.69) is 30.9 Å². The highest BCUT2D eigenvalue weighted by Gasteiger charge is 2.52. The van der Waals surface area contributed by atoms with Crippen molar-refractivity contribution in [3.8, 4) is 0 Å². The van der Waals surface area contributed by atoms with Crippen molar-refractivity contribution in [2.24, 2.45) is 0 Å². The van der Waals surface area contributed by atoms with Crippen LogP contribution in [0.5, 0.6) is 0 Å². The van der Waals surface area contributed by atoms with E-state index in [1.807, 2.05) is 27.7 Å². The number of hydrogen-bond acceptors (Lipinski definition) is 4. The number of rotatable bonds is 11. The molecule has 0 radical (unpaired) electrons. The second-order valence-electron chi connectivity index (χ2n) is 5.15. The summed E-state index contributed by atoms with van der Waals surface area (Å²) < 4.78 is 24.5. The van der Waals surface area contributed by atoms with Gasteiger partial charge in [0.15, 0.2) is 0 Å². The van der Waals surface area contributed by atoms with E-state index in [9.17, 15) is 0 Å². The molecule has 0 N–H and O–H groups in total. The highest BCUT2D eigenvalue weighted by molar-refractivity contribution is 6.86. The second-order valence-corrected chi connectivity index (χ2v) is 12.3. The Morgan fingerprint density at radius 2 is 1.19 bits per heavy atom. The van der Waals surface area contributed by atoms with Gasteiger partial charge in [-0.1, -0.05) is 24.3 Å². The van der Waals surface area contributed by atoms with Crippen LogP contribution in [0.1, 0.15) is 27.7 Å². The molecule has 0 spiro atoms. The van der Waals surface area contributed by atoms with Crippen molar-refractivity contribution in [2.75, 3.05) is 26.4 Å². The van der Waals surface area contributed by atoms with E-state index in [1.165, 1.54) is 0 Å². The topological polar surface area (TPSA) is 36.9 Å². The van der Waals surface area contributed by atoms with Crippen LogP contribution in [0.25, 0.3) is 0 Å². The third-order valence-corrected chi connectivity index (χ3v) is 12.8. The van der Waals surface area contributed by atoms with Crippen LogP contribution in [0.3, 0.4) is 0 Å². The highest BCUT2D eigenvalue weighted by Crippen LogP contribution is 2.37. The van der Waals surface area contributed by atoms with Crippen LogP contribution in [0.2, 0.25) is 17.8 Å². The third kappa shape index (κ3) is 5.15. The number of allylic oxidation sites excluding steroid dienone is 4. The Hall–Kier alpha value is -0.246. The van der Waals surface area contributed by atoms with Crippen LogP contribution in [0.4, 0.5) is 0 Å². The van der Waals surface area contributed by atoms with Gasteiger partial charge in [-0.25, -0.2) is 0 Å². The predicted molar refractivity (Wildman–Crippen MR) is 90.7 cm³/mol. The molecule has 0 aromatic carbocycles. The van der Waals surface area contributed by atoms with Crippen molar-refractivity contribution in [2.45, 2.75) is 45.5 Å². The van der Waals surface area contributed by atoms with Crippen molar-refractivity contribution < 1.29 is 17.7 Å². The molecule has 6 heteroatoms. The van der Waals surface area contributed by atoms with Gasteiger partial charge in [0.1, 0.15) is 0 Å². The molecule has 0 aliphatic heterocycles. The van der Waals surface area contributed by atoms with E-state index in [1.54, 1.807) is 0 Å². The first-order chi connectivity index (χ1) is 10.1. The van der Waals surface area contributed by atoms with Crippen LogP contribution in [0, 0.1) is 0 Å². The molecule has 0 aromatic heterocycles. The summed E-state index contributed by atoms with van der Waals surface area (Å²) in [6, 6.07) is 0. The Balaban J connectivity index is 3.02. The molecule has 0 saturated carbocycles. The molecule has 1 aliphatic carbocycles. The summed E-state index contributed by atoms with van der Waals surface area (Å²) in [5, 5.41) is 0. The quantitative estimate of drug-likeness (QED) is 0.542. The molecule has 1 aliphatic rings. The van der Waals surface area contributed by atoms with Gasteiger partial charge in [-0.3, -0.25) is 0 Å². The molecule has 1 rings (SSSR count). The summed E-state index contributed by atoms with van der Waals surface area (Å²) in [5.41, 5.74) is 1.04. The zero-order valence-corrected chi connectivity index (χ0v) is 16.1. The van der Waals surface area contributed by atoms with E-state index < -0.39 is 17.1 Å². The average Bonchev–Trinajstić information content (AvgIpc) is 2.93. The highest BCUT2D eigenvalue weighted by atomic mass is 28.4. The van der Waals surface area contributed by atoms with E-state index >= 15 is 0 Å². The van der Waals surface area contributed by atoms with Gasteiger partial charge in [0, 0.05) is 37.6 Å². The minimum Gasteiger partial charge on any atom is -0.395 e. The van der Waals surface area contributed by atoms with Gasteiger partial charge in [-0.2, -0.15) is 0 Å². The standard InChI is InChI=1S/C15H30O4Si2/c1-6-16-20(5,17-7-2)14-21(18-8-3,19-9-4)15-12-10-11-13-15/h10-13,15H,6-9,14H2,1-5H3. The maximum Gasteiger partial charge on any atom is 0.351 e. The maximum atomic E-state index is 6.23. The molecule has 0 saturated heterocycles. The minimum atomic E-state index is -2.43. The van der Waals surface area contributed by atoms with Gasteiger partial charge in [0.25, 0.3) is 0 Å². The van der Waals surface area contributed by atoms with Crippen LogP contribution >= 0.6 is 0 Å². The predicted octanol–water partition coefficient (Wildman–Crippen LogP) is 3.68. The van der Waals surface area contributed by atoms with Crippen molar-refractivity contribution in [1.82, 2.24) is 0 Å². The molecule has 0 atom stereocenters. The first kappa shape index (κ1) is 18.8. The van der Waals surface area contributed by atoms with Gasteiger partial charge >= 0.3 is 17.1 Å². The minimum absolute atomic E-state index is 0.241. The SMILES string of the molecule is CCO[Si](C)(C[Si](OCC)(OCC)C1C=CC=C1)OCC. The molecule has 0 heterocycles. The normalized spacial score (nSPS) is 16.0. The van der Waals surface area contributed by atoms with Gasteiger partial charge in [-0.15, -0.1) is 0 Å². The summed E-state index contributed by atoms with van der Waals surface area (Å²) >= 11 is 0. The summed E-state index contributed by atoms with van der Waals surface area (Å²) in [4.78, 5) is 0. The summed E-state index contributed by atoms with van der Waals surface area (Å²) in [7, 11) is -4.72. The summed E-state index contributed by atoms with van der Waals surface area (Å²) in [5.74, 6) is 0. The fraction of sp³-hybridized carbons (Fsp3) is 0.733. The van der Waals surface area contributed by atoms with Crippen molar-refractivity contribution in [3.05, 3.63) is 24.3 Å². The maximum absolute atomic E-state index is 6.23. The lowest BCUT2D eigenvalue weighted by molar-refractivity contribution is 0.164. The van der Waals surface area contributed by atoms with Crippen molar-refractivity contribution >= 4 is 17.1 Å². The molecular weight excluding hydrogens is 300 g/mol. The Morgan fingerprint density at radius 3 is 1.57 bits per heavy atom. The molecule has 4 nitrogen and oxygen atoms in total. The second kappa shape index (κ2) is 9.02. The Bertz CT molecular complexity index is 334. The monoisotopic (exact) mass is 330 g/mol. The molecule has 0 fully saturated rings. The third-order valence-electron chi connectivity index (χ3n) is 3.50. The lowest BCUT2D eigenvalue weighted by atomic mass is 10.5. The average molecular weight is 331 g/mol. The van der Waals surface area contributed by atoms with E-state index in [0.29, 0.717) is 26.4 Å². The van der Waals surface area contributed by atoms with E-state index in [0.717, 1.165) is 5.67 Å². The zero-order valence-electron chi connectivity index (χ0n) is 14.1. The lowest BCUT2D eigenvalue weighted by Crippen LogP contribution is -2.55. The first-order valence-corrected chi connectivity index (χ1v) is 12.6. The van der Waals surface area contributed by atoms with Crippen molar-refractivity contribution in [3.63, 3.8) is 0 Å². The summed E-state index contributed by atoms with van der Waals surface area (Å²) in [6.45, 7) is 12.9. The largest absolute Gasteiger partial charge is 0.395 e. The smallest absolute Gasteiger partial charge is 0.351 e.